The van der Waals surface area contributed by atoms with E-state index in [2.05, 4.69) is 0 Å². The highest BCUT2D eigenvalue weighted by molar-refractivity contribution is 6.32. The van der Waals surface area contributed by atoms with Crippen LogP contribution in [0.2, 0.25) is 5.02 Å². The molecule has 1 rings (SSSR count). The number of hydrogen-bond donors (Lipinski definition) is 1. The van der Waals surface area contributed by atoms with E-state index in [1.54, 1.807) is 12.1 Å². The van der Waals surface area contributed by atoms with Crippen molar-refractivity contribution in [3.8, 4) is 6.07 Å². The smallest absolute Gasteiger partial charge is 0.307 e. The van der Waals surface area contributed by atoms with Crippen LogP contribution in [0.4, 0.5) is 0 Å². The van der Waals surface area contributed by atoms with Gasteiger partial charge in [0.25, 0.3) is 0 Å². The van der Waals surface area contributed by atoms with Crippen molar-refractivity contribution < 1.29 is 9.90 Å². The highest BCUT2D eigenvalue weighted by atomic mass is 35.5. The Hall–Kier alpha value is -1.53. The monoisotopic (exact) mass is 223 g/mol. The third kappa shape index (κ3) is 2.48. The molecule has 3 nitrogen and oxygen atoms in total. The van der Waals surface area contributed by atoms with Crippen LogP contribution in [0, 0.1) is 11.3 Å². The Kier molecular flexibility index (Phi) is 3.70. The topological polar surface area (TPSA) is 61.1 Å². The predicted octanol–water partition coefficient (Wildman–Crippen LogP) is 2.40. The SMILES string of the molecule is CCc1ccc(C#N)c(CC(=O)O)c1Cl. The second-order valence-electron chi connectivity index (χ2n) is 3.10. The maximum Gasteiger partial charge on any atom is 0.307 e. The van der Waals surface area contributed by atoms with Gasteiger partial charge in [-0.3, -0.25) is 4.79 Å². The number of carboxylic acids is 1. The van der Waals surface area contributed by atoms with E-state index in [9.17, 15) is 4.79 Å². The Morgan fingerprint density at radius 1 is 1.60 bits per heavy atom. The molecule has 0 aliphatic rings. The lowest BCUT2D eigenvalue weighted by Gasteiger charge is -2.08. The predicted molar refractivity (Wildman–Crippen MR) is 56.9 cm³/mol. The second-order valence-corrected chi connectivity index (χ2v) is 3.48. The average Bonchev–Trinajstić information content (AvgIpc) is 2.20. The van der Waals surface area contributed by atoms with Gasteiger partial charge in [0, 0.05) is 5.02 Å². The van der Waals surface area contributed by atoms with Gasteiger partial charge in [0.2, 0.25) is 0 Å². The number of nitriles is 1. The zero-order valence-electron chi connectivity index (χ0n) is 8.25. The second kappa shape index (κ2) is 4.81. The molecular weight excluding hydrogens is 214 g/mol. The fraction of sp³-hybridized carbons (Fsp3) is 0.273. The van der Waals surface area contributed by atoms with Crippen molar-refractivity contribution in [2.45, 2.75) is 19.8 Å². The molecule has 1 aromatic rings. The minimum Gasteiger partial charge on any atom is -0.481 e. The molecule has 0 unspecified atom stereocenters. The Morgan fingerprint density at radius 2 is 2.27 bits per heavy atom. The Bertz CT molecular complexity index is 435. The van der Waals surface area contributed by atoms with E-state index in [-0.39, 0.29) is 6.42 Å². The van der Waals surface area contributed by atoms with E-state index in [4.69, 9.17) is 22.0 Å². The number of nitrogens with zero attached hydrogens (tertiary/aromatic N) is 1. The van der Waals surface area contributed by atoms with E-state index >= 15 is 0 Å². The molecule has 0 amide bonds. The van der Waals surface area contributed by atoms with E-state index in [0.717, 1.165) is 12.0 Å². The summed E-state index contributed by atoms with van der Waals surface area (Å²) in [4.78, 5) is 10.6. The molecule has 1 N–H and O–H groups in total. The summed E-state index contributed by atoms with van der Waals surface area (Å²) in [5, 5.41) is 17.9. The van der Waals surface area contributed by atoms with Crippen molar-refractivity contribution >= 4 is 17.6 Å². The van der Waals surface area contributed by atoms with Gasteiger partial charge in [-0.2, -0.15) is 5.26 Å². The maximum absolute atomic E-state index is 10.6. The molecule has 0 aliphatic carbocycles. The van der Waals surface area contributed by atoms with Crippen LogP contribution in [0.3, 0.4) is 0 Å². The van der Waals surface area contributed by atoms with E-state index in [1.165, 1.54) is 0 Å². The van der Waals surface area contributed by atoms with Crippen LogP contribution in [0.25, 0.3) is 0 Å². The largest absolute Gasteiger partial charge is 0.481 e. The molecule has 0 saturated heterocycles. The summed E-state index contributed by atoms with van der Waals surface area (Å²) in [6, 6.07) is 5.32. The first-order valence-corrected chi connectivity index (χ1v) is 4.90. The fourth-order valence-corrected chi connectivity index (χ4v) is 1.74. The Morgan fingerprint density at radius 3 is 2.73 bits per heavy atom. The zero-order valence-corrected chi connectivity index (χ0v) is 9.01. The van der Waals surface area contributed by atoms with Gasteiger partial charge >= 0.3 is 5.97 Å². The van der Waals surface area contributed by atoms with Crippen LogP contribution in [0.15, 0.2) is 12.1 Å². The van der Waals surface area contributed by atoms with E-state index < -0.39 is 5.97 Å². The molecule has 0 fully saturated rings. The first-order valence-electron chi connectivity index (χ1n) is 4.52. The number of benzene rings is 1. The average molecular weight is 224 g/mol. The third-order valence-corrected chi connectivity index (χ3v) is 2.62. The summed E-state index contributed by atoms with van der Waals surface area (Å²) in [6.45, 7) is 1.93. The van der Waals surface area contributed by atoms with Crippen molar-refractivity contribution in [3.05, 3.63) is 33.8 Å². The standard InChI is InChI=1S/C11H10ClNO2/c1-2-7-3-4-8(6-13)9(11(7)12)5-10(14)15/h3-4H,2,5H2,1H3,(H,14,15). The zero-order chi connectivity index (χ0) is 11.4. The number of hydrogen-bond acceptors (Lipinski definition) is 2. The molecule has 0 bridgehead atoms. The molecule has 0 radical (unpaired) electrons. The van der Waals surface area contributed by atoms with Gasteiger partial charge in [0.15, 0.2) is 0 Å². The van der Waals surface area contributed by atoms with Gasteiger partial charge in [0.05, 0.1) is 18.1 Å². The molecule has 1 aromatic carbocycles. The summed E-state index contributed by atoms with van der Waals surface area (Å²) < 4.78 is 0. The lowest BCUT2D eigenvalue weighted by atomic mass is 10.0. The first kappa shape index (κ1) is 11.5. The number of carbonyl (C=O) groups is 1. The number of aliphatic carboxylic acids is 1. The molecule has 78 valence electrons. The summed E-state index contributed by atoms with van der Waals surface area (Å²) >= 11 is 6.02. The van der Waals surface area contributed by atoms with E-state index in [0.29, 0.717) is 16.1 Å². The van der Waals surface area contributed by atoms with Gasteiger partial charge in [-0.1, -0.05) is 24.6 Å². The van der Waals surface area contributed by atoms with E-state index in [1.807, 2.05) is 13.0 Å². The molecule has 4 heteroatoms. The Labute approximate surface area is 92.9 Å². The van der Waals surface area contributed by atoms with Crippen molar-refractivity contribution in [2.24, 2.45) is 0 Å². The minimum atomic E-state index is -0.985. The molecule has 0 atom stereocenters. The van der Waals surface area contributed by atoms with Crippen LogP contribution in [-0.2, 0) is 17.6 Å². The Balaban J connectivity index is 3.30. The maximum atomic E-state index is 10.6. The summed E-state index contributed by atoms with van der Waals surface area (Å²) in [6.07, 6.45) is 0.507. The van der Waals surface area contributed by atoms with Crippen LogP contribution < -0.4 is 0 Å². The van der Waals surface area contributed by atoms with Gasteiger partial charge < -0.3 is 5.11 Å². The van der Waals surface area contributed by atoms with Crippen molar-refractivity contribution in [1.82, 2.24) is 0 Å². The lowest BCUT2D eigenvalue weighted by molar-refractivity contribution is -0.136. The molecule has 0 heterocycles. The summed E-state index contributed by atoms with van der Waals surface area (Å²) in [5.74, 6) is -0.985. The lowest BCUT2D eigenvalue weighted by Crippen LogP contribution is -2.04. The molecule has 0 spiro atoms. The number of rotatable bonds is 3. The quantitative estimate of drug-likeness (QED) is 0.856. The molecule has 0 saturated carbocycles. The van der Waals surface area contributed by atoms with Crippen molar-refractivity contribution in [1.29, 1.82) is 5.26 Å². The minimum absolute atomic E-state index is 0.213. The third-order valence-electron chi connectivity index (χ3n) is 2.15. The fourth-order valence-electron chi connectivity index (χ4n) is 1.37. The summed E-state index contributed by atoms with van der Waals surface area (Å²) in [7, 11) is 0. The van der Waals surface area contributed by atoms with Crippen molar-refractivity contribution in [2.75, 3.05) is 0 Å². The number of carboxylic acid groups (broad SMARTS) is 1. The molecular formula is C11H10ClNO2. The molecule has 0 aliphatic heterocycles. The molecule has 0 aromatic heterocycles. The van der Waals surface area contributed by atoms with Crippen molar-refractivity contribution in [3.63, 3.8) is 0 Å². The summed E-state index contributed by atoms with van der Waals surface area (Å²) in [5.41, 5.74) is 1.61. The first-order chi connectivity index (χ1) is 7.10. The number of halogens is 1. The van der Waals surface area contributed by atoms with Crippen LogP contribution in [0.1, 0.15) is 23.6 Å². The normalized spacial score (nSPS) is 9.67. The number of aryl methyl sites for hydroxylation is 1. The molecule has 15 heavy (non-hydrogen) atoms. The highest BCUT2D eigenvalue weighted by Crippen LogP contribution is 2.25. The van der Waals surface area contributed by atoms with Crippen LogP contribution in [0.5, 0.6) is 0 Å². The van der Waals surface area contributed by atoms with Crippen LogP contribution >= 0.6 is 11.6 Å². The van der Waals surface area contributed by atoms with Gasteiger partial charge in [0.1, 0.15) is 0 Å². The van der Waals surface area contributed by atoms with Gasteiger partial charge in [-0.05, 0) is 23.6 Å². The van der Waals surface area contributed by atoms with Gasteiger partial charge in [-0.15, -0.1) is 0 Å². The van der Waals surface area contributed by atoms with Crippen LogP contribution in [-0.4, -0.2) is 11.1 Å². The van der Waals surface area contributed by atoms with Gasteiger partial charge in [-0.25, -0.2) is 0 Å². The highest BCUT2D eigenvalue weighted by Gasteiger charge is 2.13.